The maximum absolute atomic E-state index is 12.8. The van der Waals surface area contributed by atoms with E-state index in [-0.39, 0.29) is 12.8 Å². The number of aryl methyl sites for hydroxylation is 1. The molecule has 0 spiro atoms. The molecule has 1 aliphatic carbocycles. The molecule has 150 valence electrons. The van der Waals surface area contributed by atoms with Crippen molar-refractivity contribution in [2.75, 3.05) is 0 Å². The number of halogens is 3. The Balaban J connectivity index is 1.70. The number of rotatable bonds is 6. The smallest absolute Gasteiger partial charge is 0.366 e. The van der Waals surface area contributed by atoms with Gasteiger partial charge in [-0.2, -0.15) is 18.3 Å². The lowest BCUT2D eigenvalue weighted by atomic mass is 9.94. The summed E-state index contributed by atoms with van der Waals surface area (Å²) in [4.78, 5) is 36.4. The number of hydrogen-bond donors (Lipinski definition) is 2. The second-order valence-corrected chi connectivity index (χ2v) is 7.59. The Morgan fingerprint density at radius 3 is 2.64 bits per heavy atom. The molecule has 0 fully saturated rings. The molecule has 28 heavy (non-hydrogen) atoms. The van der Waals surface area contributed by atoms with E-state index in [0.29, 0.717) is 10.4 Å². The number of alkyl halides is 3. The molecule has 0 atom stereocenters. The summed E-state index contributed by atoms with van der Waals surface area (Å²) < 4.78 is 39.2. The highest BCUT2D eigenvalue weighted by molar-refractivity contribution is 7.12. The first-order chi connectivity index (χ1) is 13.2. The molecule has 2 aromatic heterocycles. The molecule has 2 heterocycles. The molecule has 0 saturated carbocycles. The van der Waals surface area contributed by atoms with Gasteiger partial charge in [-0.15, -0.1) is 11.3 Å². The Morgan fingerprint density at radius 2 is 2.04 bits per heavy atom. The number of hydrogen-bond acceptors (Lipinski definition) is 5. The third kappa shape index (κ3) is 4.08. The second-order valence-electron chi connectivity index (χ2n) is 6.40. The lowest BCUT2D eigenvalue weighted by molar-refractivity contribution is -0.142. The van der Waals surface area contributed by atoms with Crippen molar-refractivity contribution in [2.24, 2.45) is 5.73 Å². The first kappa shape index (κ1) is 20.1. The third-order valence-corrected chi connectivity index (χ3v) is 5.72. The van der Waals surface area contributed by atoms with Gasteiger partial charge in [-0.3, -0.25) is 19.1 Å². The number of amides is 2. The van der Waals surface area contributed by atoms with Crippen LogP contribution in [0.5, 0.6) is 0 Å². The summed E-state index contributed by atoms with van der Waals surface area (Å²) >= 11 is 1.42. The fraction of sp³-hybridized carbons (Fsp3) is 0.412. The molecule has 7 nitrogen and oxygen atoms in total. The SMILES string of the molecule is NC(=O)c1c(CNC(=O)Cn2cc(C=O)c(C(F)(F)F)n2)sc2c1CCCC2. The van der Waals surface area contributed by atoms with E-state index in [0.717, 1.165) is 47.0 Å². The Labute approximate surface area is 161 Å². The lowest BCUT2D eigenvalue weighted by Gasteiger charge is -2.11. The molecule has 0 unspecified atom stereocenters. The fourth-order valence-electron chi connectivity index (χ4n) is 3.24. The number of carbonyl (C=O) groups is 3. The first-order valence-corrected chi connectivity index (χ1v) is 9.32. The molecule has 3 rings (SSSR count). The summed E-state index contributed by atoms with van der Waals surface area (Å²) in [5, 5.41) is 5.84. The molecule has 0 bridgehead atoms. The highest BCUT2D eigenvalue weighted by atomic mass is 32.1. The zero-order valence-corrected chi connectivity index (χ0v) is 15.5. The number of aromatic nitrogens is 2. The van der Waals surface area contributed by atoms with Crippen LogP contribution in [0.2, 0.25) is 0 Å². The van der Waals surface area contributed by atoms with Crippen molar-refractivity contribution in [1.29, 1.82) is 0 Å². The van der Waals surface area contributed by atoms with Crippen LogP contribution in [-0.2, 0) is 36.9 Å². The Bertz CT molecular complexity index is 933. The molecule has 11 heteroatoms. The van der Waals surface area contributed by atoms with E-state index in [1.54, 1.807) is 0 Å². The minimum absolute atomic E-state index is 0.0412. The van der Waals surface area contributed by atoms with Crippen molar-refractivity contribution < 1.29 is 27.6 Å². The minimum Gasteiger partial charge on any atom is -0.366 e. The van der Waals surface area contributed by atoms with Gasteiger partial charge in [0.15, 0.2) is 12.0 Å². The number of primary amides is 1. The van der Waals surface area contributed by atoms with Gasteiger partial charge in [0, 0.05) is 16.0 Å². The van der Waals surface area contributed by atoms with Gasteiger partial charge in [-0.25, -0.2) is 0 Å². The van der Waals surface area contributed by atoms with Crippen LogP contribution in [0.4, 0.5) is 13.2 Å². The molecule has 1 aliphatic rings. The van der Waals surface area contributed by atoms with Crippen molar-refractivity contribution in [1.82, 2.24) is 15.1 Å². The number of nitrogens with two attached hydrogens (primary N) is 1. The van der Waals surface area contributed by atoms with Gasteiger partial charge in [-0.1, -0.05) is 0 Å². The van der Waals surface area contributed by atoms with E-state index in [1.165, 1.54) is 11.3 Å². The second kappa shape index (κ2) is 7.74. The standard InChI is InChI=1S/C17H17F3N4O3S/c18-17(19,20)15-9(8-25)6-24(23-15)7-13(26)22-5-12-14(16(21)27)10-3-1-2-4-11(10)28-12/h6,8H,1-5,7H2,(H2,21,27)(H,22,26). The first-order valence-electron chi connectivity index (χ1n) is 8.50. The van der Waals surface area contributed by atoms with Crippen LogP contribution in [0, 0.1) is 0 Å². The van der Waals surface area contributed by atoms with Crippen LogP contribution < -0.4 is 11.1 Å². The van der Waals surface area contributed by atoms with Gasteiger partial charge in [0.05, 0.1) is 17.7 Å². The quantitative estimate of drug-likeness (QED) is 0.706. The molecule has 0 saturated heterocycles. The molecule has 3 N–H and O–H groups in total. The van der Waals surface area contributed by atoms with Crippen molar-refractivity contribution in [3.05, 3.63) is 38.3 Å². The summed E-state index contributed by atoms with van der Waals surface area (Å²) in [6, 6.07) is 0. The summed E-state index contributed by atoms with van der Waals surface area (Å²) in [7, 11) is 0. The van der Waals surface area contributed by atoms with Crippen LogP contribution in [0.15, 0.2) is 6.20 Å². The van der Waals surface area contributed by atoms with Crippen LogP contribution in [0.1, 0.15) is 54.6 Å². The third-order valence-electron chi connectivity index (χ3n) is 4.43. The van der Waals surface area contributed by atoms with E-state index >= 15 is 0 Å². The van der Waals surface area contributed by atoms with Crippen molar-refractivity contribution >= 4 is 29.4 Å². The molecular formula is C17H17F3N4O3S. The average Bonchev–Trinajstić information content (AvgIpc) is 3.20. The predicted octanol–water partition coefficient (Wildman–Crippen LogP) is 2.07. The number of carbonyl (C=O) groups excluding carboxylic acids is 3. The van der Waals surface area contributed by atoms with Gasteiger partial charge in [0.25, 0.3) is 0 Å². The van der Waals surface area contributed by atoms with E-state index < -0.39 is 35.8 Å². The highest BCUT2D eigenvalue weighted by Gasteiger charge is 2.37. The normalized spacial score (nSPS) is 13.8. The van der Waals surface area contributed by atoms with Crippen LogP contribution in [0.25, 0.3) is 0 Å². The van der Waals surface area contributed by atoms with Crippen molar-refractivity contribution in [3.8, 4) is 0 Å². The number of fused-ring (bicyclic) bond motifs is 1. The van der Waals surface area contributed by atoms with Gasteiger partial charge < -0.3 is 11.1 Å². The van der Waals surface area contributed by atoms with Crippen LogP contribution in [-0.4, -0.2) is 27.9 Å². The predicted molar refractivity (Wildman–Crippen MR) is 93.9 cm³/mol. The van der Waals surface area contributed by atoms with Crippen LogP contribution >= 0.6 is 11.3 Å². The minimum atomic E-state index is -4.79. The van der Waals surface area contributed by atoms with Gasteiger partial charge in [0.2, 0.25) is 11.8 Å². The summed E-state index contributed by atoms with van der Waals surface area (Å²) in [6.07, 6.45) is -0.263. The molecular weight excluding hydrogens is 397 g/mol. The summed E-state index contributed by atoms with van der Waals surface area (Å²) in [5.74, 6) is -1.16. The van der Waals surface area contributed by atoms with Crippen molar-refractivity contribution in [2.45, 2.75) is 44.9 Å². The highest BCUT2D eigenvalue weighted by Crippen LogP contribution is 2.34. The van der Waals surface area contributed by atoms with Gasteiger partial charge in [0.1, 0.15) is 6.54 Å². The monoisotopic (exact) mass is 414 g/mol. The van der Waals surface area contributed by atoms with E-state index in [2.05, 4.69) is 10.4 Å². The number of nitrogens with zero attached hydrogens (tertiary/aromatic N) is 2. The zero-order chi connectivity index (χ0) is 20.5. The molecule has 2 aromatic rings. The number of aldehydes is 1. The van der Waals surface area contributed by atoms with Gasteiger partial charge in [-0.05, 0) is 31.2 Å². The fourth-order valence-corrected chi connectivity index (χ4v) is 4.58. The Hall–Kier alpha value is -2.69. The molecule has 2 amide bonds. The Kier molecular flexibility index (Phi) is 5.54. The molecule has 0 aliphatic heterocycles. The number of nitrogens with one attached hydrogen (secondary N) is 1. The van der Waals surface area contributed by atoms with Gasteiger partial charge >= 0.3 is 6.18 Å². The van der Waals surface area contributed by atoms with Crippen LogP contribution in [0.3, 0.4) is 0 Å². The summed E-state index contributed by atoms with van der Waals surface area (Å²) in [5.41, 5.74) is 4.88. The van der Waals surface area contributed by atoms with E-state index in [9.17, 15) is 27.6 Å². The molecule has 0 aromatic carbocycles. The lowest BCUT2D eigenvalue weighted by Crippen LogP contribution is -2.28. The zero-order valence-electron chi connectivity index (χ0n) is 14.6. The maximum Gasteiger partial charge on any atom is 0.435 e. The van der Waals surface area contributed by atoms with Crippen molar-refractivity contribution in [3.63, 3.8) is 0 Å². The number of thiophene rings is 1. The van der Waals surface area contributed by atoms with E-state index in [4.69, 9.17) is 5.73 Å². The average molecular weight is 414 g/mol. The largest absolute Gasteiger partial charge is 0.435 e. The van der Waals surface area contributed by atoms with E-state index in [1.807, 2.05) is 0 Å². The summed E-state index contributed by atoms with van der Waals surface area (Å²) in [6.45, 7) is -0.448. The maximum atomic E-state index is 12.8. The Morgan fingerprint density at radius 1 is 1.32 bits per heavy atom. The topological polar surface area (TPSA) is 107 Å². The molecule has 0 radical (unpaired) electrons.